The van der Waals surface area contributed by atoms with Crippen molar-refractivity contribution in [2.45, 2.75) is 77.6 Å². The second kappa shape index (κ2) is 9.00. The van der Waals surface area contributed by atoms with Crippen LogP contribution in [0.25, 0.3) is 0 Å². The maximum Gasteiger partial charge on any atom is 0.410 e. The molecule has 1 aliphatic carbocycles. The zero-order chi connectivity index (χ0) is 22.1. The molecular weight excluding hydrogens is 409 g/mol. The second-order valence-corrected chi connectivity index (χ2v) is 9.62. The van der Waals surface area contributed by atoms with Gasteiger partial charge in [-0.2, -0.15) is 0 Å². The molecule has 8 heteroatoms. The van der Waals surface area contributed by atoms with Gasteiger partial charge >= 0.3 is 12.1 Å². The summed E-state index contributed by atoms with van der Waals surface area (Å²) in [5, 5.41) is 3.22. The van der Waals surface area contributed by atoms with E-state index in [1.165, 1.54) is 6.07 Å². The van der Waals surface area contributed by atoms with E-state index >= 15 is 0 Å². The predicted octanol–water partition coefficient (Wildman–Crippen LogP) is 4.86. The monoisotopic (exact) mass is 439 g/mol. The van der Waals surface area contributed by atoms with E-state index in [0.717, 1.165) is 31.2 Å². The van der Waals surface area contributed by atoms with E-state index in [4.69, 9.17) is 16.3 Å². The number of carbonyl (C=O) groups is 2. The van der Waals surface area contributed by atoms with Crippen molar-refractivity contribution in [2.75, 3.05) is 13.1 Å². The van der Waals surface area contributed by atoms with Crippen LogP contribution in [0.2, 0.25) is 5.02 Å². The summed E-state index contributed by atoms with van der Waals surface area (Å²) in [7, 11) is 0. The second-order valence-electron chi connectivity index (χ2n) is 9.21. The first kappa shape index (κ1) is 22.7. The molecule has 2 aliphatic rings. The van der Waals surface area contributed by atoms with Gasteiger partial charge in [-0.3, -0.25) is 0 Å². The lowest BCUT2D eigenvalue weighted by atomic mass is 10.0. The summed E-state index contributed by atoms with van der Waals surface area (Å²) in [6.45, 7) is 8.50. The van der Waals surface area contributed by atoms with Crippen molar-refractivity contribution < 1.29 is 18.7 Å². The van der Waals surface area contributed by atoms with Crippen LogP contribution < -0.4 is 5.32 Å². The van der Waals surface area contributed by atoms with Crippen molar-refractivity contribution in [2.24, 2.45) is 0 Å². The van der Waals surface area contributed by atoms with Gasteiger partial charge in [-0.15, -0.1) is 0 Å². The molecule has 1 saturated heterocycles. The molecule has 3 rings (SSSR count). The number of amides is 3. The summed E-state index contributed by atoms with van der Waals surface area (Å²) < 4.78 is 19.7. The van der Waals surface area contributed by atoms with E-state index in [1.807, 2.05) is 25.7 Å². The average molecular weight is 440 g/mol. The number of rotatable bonds is 4. The number of nitrogens with one attached hydrogen (secondary N) is 1. The number of benzene rings is 1. The van der Waals surface area contributed by atoms with Crippen LogP contribution in [0.5, 0.6) is 0 Å². The highest BCUT2D eigenvalue weighted by Gasteiger charge is 2.40. The minimum absolute atomic E-state index is 0.0735. The van der Waals surface area contributed by atoms with Crippen LogP contribution in [0.4, 0.5) is 14.0 Å². The Kier molecular flexibility index (Phi) is 6.80. The van der Waals surface area contributed by atoms with Crippen LogP contribution in [-0.4, -0.2) is 52.7 Å². The highest BCUT2D eigenvalue weighted by molar-refractivity contribution is 6.31. The highest BCUT2D eigenvalue weighted by atomic mass is 35.5. The SMILES string of the molecule is Cc1cc(CNC(=O)N(C2CC2)C2CCCN(C(=O)OC(C)(C)C)C2)c(F)cc1Cl. The third-order valence-corrected chi connectivity index (χ3v) is 5.78. The molecule has 0 bridgehead atoms. The fourth-order valence-corrected chi connectivity index (χ4v) is 3.92. The van der Waals surface area contributed by atoms with E-state index in [-0.39, 0.29) is 30.8 Å². The first-order valence-corrected chi connectivity index (χ1v) is 10.9. The number of ether oxygens (including phenoxy) is 1. The third kappa shape index (κ3) is 5.78. The fraction of sp³-hybridized carbons (Fsp3) is 0.636. The van der Waals surface area contributed by atoms with Crippen molar-refractivity contribution in [3.63, 3.8) is 0 Å². The topological polar surface area (TPSA) is 61.9 Å². The van der Waals surface area contributed by atoms with Gasteiger partial charge in [-0.1, -0.05) is 11.6 Å². The van der Waals surface area contributed by atoms with Gasteiger partial charge in [-0.25, -0.2) is 14.0 Å². The lowest BCUT2D eigenvalue weighted by molar-refractivity contribution is 0.0127. The molecule has 1 unspecified atom stereocenters. The number of urea groups is 1. The summed E-state index contributed by atoms with van der Waals surface area (Å²) in [6, 6.07) is 2.81. The number of nitrogens with zero attached hydrogens (tertiary/aromatic N) is 2. The molecule has 1 aliphatic heterocycles. The van der Waals surface area contributed by atoms with E-state index < -0.39 is 11.4 Å². The lowest BCUT2D eigenvalue weighted by Crippen LogP contribution is -2.55. The molecule has 166 valence electrons. The molecule has 1 aromatic rings. The van der Waals surface area contributed by atoms with Crippen molar-refractivity contribution >= 4 is 23.7 Å². The molecule has 2 fully saturated rings. The van der Waals surface area contributed by atoms with Crippen molar-refractivity contribution in [3.8, 4) is 0 Å². The molecule has 1 N–H and O–H groups in total. The molecule has 1 atom stereocenters. The smallest absolute Gasteiger partial charge is 0.410 e. The van der Waals surface area contributed by atoms with Gasteiger partial charge in [0.2, 0.25) is 0 Å². The molecule has 1 saturated carbocycles. The summed E-state index contributed by atoms with van der Waals surface area (Å²) >= 11 is 5.95. The molecule has 0 spiro atoms. The lowest BCUT2D eigenvalue weighted by Gasteiger charge is -2.39. The Labute approximate surface area is 182 Å². The number of aryl methyl sites for hydroxylation is 1. The summed E-state index contributed by atoms with van der Waals surface area (Å²) in [5.74, 6) is -0.433. The van der Waals surface area contributed by atoms with Gasteiger partial charge in [-0.05, 0) is 71.1 Å². The number of halogens is 2. The largest absolute Gasteiger partial charge is 0.444 e. The number of likely N-dealkylation sites (tertiary alicyclic amines) is 1. The average Bonchev–Trinajstić information content (AvgIpc) is 3.47. The number of hydrogen-bond donors (Lipinski definition) is 1. The fourth-order valence-electron chi connectivity index (χ4n) is 3.77. The summed E-state index contributed by atoms with van der Waals surface area (Å²) in [6.07, 6.45) is 3.19. The van der Waals surface area contributed by atoms with Gasteiger partial charge < -0.3 is 19.9 Å². The Morgan fingerprint density at radius 3 is 2.60 bits per heavy atom. The zero-order valence-electron chi connectivity index (χ0n) is 18.1. The zero-order valence-corrected chi connectivity index (χ0v) is 18.9. The van der Waals surface area contributed by atoms with Crippen molar-refractivity contribution in [3.05, 3.63) is 34.1 Å². The molecule has 1 aromatic carbocycles. The number of piperidine rings is 1. The van der Waals surface area contributed by atoms with Crippen molar-refractivity contribution in [1.82, 2.24) is 15.1 Å². The highest BCUT2D eigenvalue weighted by Crippen LogP contribution is 2.32. The molecule has 0 radical (unpaired) electrons. The van der Waals surface area contributed by atoms with E-state index in [9.17, 15) is 14.0 Å². The van der Waals surface area contributed by atoms with Gasteiger partial charge in [0.25, 0.3) is 0 Å². The Morgan fingerprint density at radius 1 is 1.27 bits per heavy atom. The predicted molar refractivity (Wildman–Crippen MR) is 114 cm³/mol. The Bertz CT molecular complexity index is 808. The first-order valence-electron chi connectivity index (χ1n) is 10.5. The van der Waals surface area contributed by atoms with Crippen molar-refractivity contribution in [1.29, 1.82) is 0 Å². The quantitative estimate of drug-likeness (QED) is 0.728. The van der Waals surface area contributed by atoms with Gasteiger partial charge in [0.1, 0.15) is 11.4 Å². The summed E-state index contributed by atoms with van der Waals surface area (Å²) in [5.41, 5.74) is 0.611. The van der Waals surface area contributed by atoms with Gasteiger partial charge in [0.15, 0.2) is 0 Å². The van der Waals surface area contributed by atoms with E-state index in [0.29, 0.717) is 23.7 Å². The molecular formula is C22H31ClFN3O3. The van der Waals surface area contributed by atoms with Crippen LogP contribution >= 0.6 is 11.6 Å². The van der Waals surface area contributed by atoms with Crippen LogP contribution in [0.15, 0.2) is 12.1 Å². The first-order chi connectivity index (χ1) is 14.0. The number of hydrogen-bond acceptors (Lipinski definition) is 3. The Morgan fingerprint density at radius 2 is 1.97 bits per heavy atom. The Hall–Kier alpha value is -2.02. The molecule has 0 aromatic heterocycles. The van der Waals surface area contributed by atoms with Crippen LogP contribution in [0, 0.1) is 12.7 Å². The van der Waals surface area contributed by atoms with Crippen LogP contribution in [-0.2, 0) is 11.3 Å². The summed E-state index contributed by atoms with van der Waals surface area (Å²) in [4.78, 5) is 29.0. The normalized spacial score (nSPS) is 19.4. The molecule has 30 heavy (non-hydrogen) atoms. The van der Waals surface area contributed by atoms with Crippen LogP contribution in [0.1, 0.15) is 57.6 Å². The van der Waals surface area contributed by atoms with E-state index in [1.54, 1.807) is 17.9 Å². The van der Waals surface area contributed by atoms with Gasteiger partial charge in [0, 0.05) is 36.3 Å². The Balaban J connectivity index is 1.64. The molecule has 1 heterocycles. The molecule has 3 amide bonds. The van der Waals surface area contributed by atoms with Gasteiger partial charge in [0.05, 0.1) is 6.04 Å². The minimum atomic E-state index is -0.557. The molecule has 6 nitrogen and oxygen atoms in total. The maximum atomic E-state index is 14.2. The van der Waals surface area contributed by atoms with E-state index in [2.05, 4.69) is 5.32 Å². The standard InChI is InChI=1S/C22H31ClFN3O3/c1-14-10-15(19(24)11-18(14)23)12-25-20(28)27(16-7-8-16)17-6-5-9-26(13-17)21(29)30-22(2,3)4/h10-11,16-17H,5-9,12-13H2,1-4H3,(H,25,28). The maximum absolute atomic E-state index is 14.2. The third-order valence-electron chi connectivity index (χ3n) is 5.37. The number of carbonyl (C=O) groups excluding carboxylic acids is 2. The van der Waals surface area contributed by atoms with Crippen LogP contribution in [0.3, 0.4) is 0 Å². The minimum Gasteiger partial charge on any atom is -0.444 e.